The van der Waals surface area contributed by atoms with E-state index in [0.29, 0.717) is 11.8 Å². The minimum atomic E-state index is -0.470. The van der Waals surface area contributed by atoms with Crippen LogP contribution >= 0.6 is 11.6 Å². The molecule has 1 N–H and O–H groups in total. The van der Waals surface area contributed by atoms with Crippen LogP contribution in [0.5, 0.6) is 0 Å². The second-order valence-electron chi connectivity index (χ2n) is 6.75. The monoisotopic (exact) mass is 328 g/mol. The highest BCUT2D eigenvalue weighted by atomic mass is 35.5. The summed E-state index contributed by atoms with van der Waals surface area (Å²) >= 11 is 5.77. The van der Waals surface area contributed by atoms with Crippen molar-refractivity contribution in [3.63, 3.8) is 0 Å². The summed E-state index contributed by atoms with van der Waals surface area (Å²) in [5.74, 6) is 0.798. The van der Waals surface area contributed by atoms with Crippen LogP contribution in [0.15, 0.2) is 16.5 Å². The number of amides is 1. The Bertz CT molecular complexity index is 510. The maximum Gasteiger partial charge on any atom is 0.410 e. The fourth-order valence-electron chi connectivity index (χ4n) is 2.67. The normalized spacial score (nSPS) is 22.7. The van der Waals surface area contributed by atoms with Crippen LogP contribution in [-0.4, -0.2) is 35.2 Å². The van der Waals surface area contributed by atoms with Gasteiger partial charge in [0.05, 0.1) is 6.54 Å². The fourth-order valence-corrected chi connectivity index (χ4v) is 2.83. The molecule has 1 saturated heterocycles. The molecule has 1 aromatic heterocycles. The number of likely N-dealkylation sites (tertiary alicyclic amines) is 1. The van der Waals surface area contributed by atoms with Crippen LogP contribution in [0.1, 0.15) is 46.3 Å². The minimum absolute atomic E-state index is 0.0778. The molecule has 0 aromatic carbocycles. The highest BCUT2D eigenvalue weighted by molar-refractivity contribution is 6.28. The molecule has 5 nitrogen and oxygen atoms in total. The van der Waals surface area contributed by atoms with Gasteiger partial charge in [0.15, 0.2) is 5.22 Å². The van der Waals surface area contributed by atoms with Crippen molar-refractivity contribution in [3.05, 3.63) is 23.1 Å². The molecular weight excluding hydrogens is 304 g/mol. The van der Waals surface area contributed by atoms with Crippen LogP contribution in [-0.2, 0) is 11.3 Å². The lowest BCUT2D eigenvalue weighted by atomic mass is 9.98. The van der Waals surface area contributed by atoms with Gasteiger partial charge in [-0.1, -0.05) is 0 Å². The van der Waals surface area contributed by atoms with Crippen molar-refractivity contribution in [3.8, 4) is 0 Å². The predicted octanol–water partition coefficient (Wildman–Crippen LogP) is 3.81. The Balaban J connectivity index is 1.91. The van der Waals surface area contributed by atoms with Crippen LogP contribution in [0.4, 0.5) is 4.79 Å². The summed E-state index contributed by atoms with van der Waals surface area (Å²) < 4.78 is 10.8. The van der Waals surface area contributed by atoms with Crippen molar-refractivity contribution >= 4 is 17.7 Å². The lowest BCUT2D eigenvalue weighted by molar-refractivity contribution is 0.00690. The third kappa shape index (κ3) is 4.65. The highest BCUT2D eigenvalue weighted by Gasteiger charge is 2.33. The number of carbonyl (C=O) groups is 1. The van der Waals surface area contributed by atoms with E-state index in [1.54, 1.807) is 6.07 Å². The van der Waals surface area contributed by atoms with Crippen molar-refractivity contribution in [1.29, 1.82) is 0 Å². The molecule has 1 aliphatic rings. The number of piperidine rings is 1. The number of hydrogen-bond donors (Lipinski definition) is 1. The molecule has 0 bridgehead atoms. The zero-order valence-corrected chi connectivity index (χ0v) is 14.4. The second-order valence-corrected chi connectivity index (χ2v) is 7.12. The lowest BCUT2D eigenvalue weighted by Crippen LogP contribution is -2.55. The first-order chi connectivity index (χ1) is 10.3. The summed E-state index contributed by atoms with van der Waals surface area (Å²) in [5.41, 5.74) is -0.470. The van der Waals surface area contributed by atoms with Gasteiger partial charge in [-0.15, -0.1) is 0 Å². The van der Waals surface area contributed by atoms with Gasteiger partial charge in [0.2, 0.25) is 0 Å². The first-order valence-electron chi connectivity index (χ1n) is 7.73. The van der Waals surface area contributed by atoms with Crippen LogP contribution in [0.3, 0.4) is 0 Å². The third-order valence-electron chi connectivity index (χ3n) is 3.78. The van der Waals surface area contributed by atoms with E-state index in [1.165, 1.54) is 0 Å². The van der Waals surface area contributed by atoms with Crippen molar-refractivity contribution in [2.45, 2.75) is 64.8 Å². The van der Waals surface area contributed by atoms with E-state index in [4.69, 9.17) is 20.8 Å². The zero-order valence-electron chi connectivity index (χ0n) is 13.7. The first-order valence-corrected chi connectivity index (χ1v) is 8.11. The van der Waals surface area contributed by atoms with Gasteiger partial charge >= 0.3 is 6.09 Å². The molecule has 124 valence electrons. The number of furan rings is 1. The molecule has 1 aliphatic heterocycles. The summed E-state index contributed by atoms with van der Waals surface area (Å²) in [4.78, 5) is 14.1. The zero-order chi connectivity index (χ0) is 16.3. The van der Waals surface area contributed by atoms with Crippen molar-refractivity contribution < 1.29 is 13.9 Å². The molecule has 2 rings (SSSR count). The minimum Gasteiger partial charge on any atom is -0.448 e. The van der Waals surface area contributed by atoms with Crippen molar-refractivity contribution in [1.82, 2.24) is 10.2 Å². The van der Waals surface area contributed by atoms with E-state index in [1.807, 2.05) is 31.7 Å². The van der Waals surface area contributed by atoms with E-state index in [9.17, 15) is 4.79 Å². The van der Waals surface area contributed by atoms with Crippen LogP contribution in [0, 0.1) is 0 Å². The van der Waals surface area contributed by atoms with E-state index < -0.39 is 5.60 Å². The molecule has 1 amide bonds. The standard InChI is InChI=1S/C16H25ClN2O3/c1-11-13(18-10-12-7-8-14(17)21-12)6-5-9-19(11)15(20)22-16(2,3)4/h7-8,11,13,18H,5-6,9-10H2,1-4H3. The Hall–Kier alpha value is -1.20. The molecule has 2 atom stereocenters. The summed E-state index contributed by atoms with van der Waals surface area (Å²) in [6.07, 6.45) is 1.74. The van der Waals surface area contributed by atoms with Gasteiger partial charge in [0, 0.05) is 18.6 Å². The third-order valence-corrected chi connectivity index (χ3v) is 3.99. The number of ether oxygens (including phenoxy) is 1. The van der Waals surface area contributed by atoms with E-state index in [-0.39, 0.29) is 18.2 Å². The Morgan fingerprint density at radius 1 is 1.50 bits per heavy atom. The van der Waals surface area contributed by atoms with E-state index in [0.717, 1.165) is 25.1 Å². The molecular formula is C16H25ClN2O3. The van der Waals surface area contributed by atoms with Gasteiger partial charge in [-0.3, -0.25) is 0 Å². The molecule has 6 heteroatoms. The molecule has 0 saturated carbocycles. The van der Waals surface area contributed by atoms with Crippen molar-refractivity contribution in [2.24, 2.45) is 0 Å². The summed E-state index contributed by atoms with van der Waals surface area (Å²) in [5, 5.41) is 3.84. The maximum absolute atomic E-state index is 12.3. The maximum atomic E-state index is 12.3. The molecule has 2 unspecified atom stereocenters. The number of nitrogens with one attached hydrogen (secondary N) is 1. The Morgan fingerprint density at radius 2 is 2.23 bits per heavy atom. The molecule has 1 fully saturated rings. The topological polar surface area (TPSA) is 54.7 Å². The molecule has 0 radical (unpaired) electrons. The molecule has 0 spiro atoms. The number of carbonyl (C=O) groups excluding carboxylic acids is 1. The largest absolute Gasteiger partial charge is 0.448 e. The lowest BCUT2D eigenvalue weighted by Gasteiger charge is -2.40. The van der Waals surface area contributed by atoms with Gasteiger partial charge in [0.1, 0.15) is 11.4 Å². The van der Waals surface area contributed by atoms with Crippen molar-refractivity contribution in [2.75, 3.05) is 6.54 Å². The van der Waals surface area contributed by atoms with Gasteiger partial charge in [-0.25, -0.2) is 4.79 Å². The average molecular weight is 329 g/mol. The van der Waals surface area contributed by atoms with E-state index >= 15 is 0 Å². The summed E-state index contributed by atoms with van der Waals surface area (Å²) in [6, 6.07) is 3.88. The predicted molar refractivity (Wildman–Crippen MR) is 86.0 cm³/mol. The Kier molecular flexibility index (Phi) is 5.40. The SMILES string of the molecule is CC1C(NCc2ccc(Cl)o2)CCCN1C(=O)OC(C)(C)C. The number of rotatable bonds is 3. The summed E-state index contributed by atoms with van der Waals surface area (Å²) in [6.45, 7) is 9.04. The molecule has 1 aromatic rings. The summed E-state index contributed by atoms with van der Waals surface area (Å²) in [7, 11) is 0. The molecule has 22 heavy (non-hydrogen) atoms. The van der Waals surface area contributed by atoms with Gasteiger partial charge in [-0.2, -0.15) is 0 Å². The quantitative estimate of drug-likeness (QED) is 0.916. The van der Waals surface area contributed by atoms with Crippen LogP contribution < -0.4 is 5.32 Å². The molecule has 0 aliphatic carbocycles. The van der Waals surface area contributed by atoms with Gasteiger partial charge < -0.3 is 19.4 Å². The number of halogens is 1. The van der Waals surface area contributed by atoms with Crippen LogP contribution in [0.2, 0.25) is 5.22 Å². The second kappa shape index (κ2) is 6.92. The Labute approximate surface area is 136 Å². The average Bonchev–Trinajstić information content (AvgIpc) is 2.81. The van der Waals surface area contributed by atoms with Gasteiger partial charge in [0.25, 0.3) is 0 Å². The number of hydrogen-bond acceptors (Lipinski definition) is 4. The first kappa shape index (κ1) is 17.2. The van der Waals surface area contributed by atoms with Crippen LogP contribution in [0.25, 0.3) is 0 Å². The molecule has 2 heterocycles. The number of nitrogens with zero attached hydrogens (tertiary/aromatic N) is 1. The fraction of sp³-hybridized carbons (Fsp3) is 0.688. The van der Waals surface area contributed by atoms with E-state index in [2.05, 4.69) is 12.2 Å². The highest BCUT2D eigenvalue weighted by Crippen LogP contribution is 2.21. The smallest absolute Gasteiger partial charge is 0.410 e. The van der Waals surface area contributed by atoms with Gasteiger partial charge in [-0.05, 0) is 64.3 Å². The Morgan fingerprint density at radius 3 is 2.82 bits per heavy atom.